The molecule has 0 saturated carbocycles. The molecule has 1 saturated heterocycles. The van der Waals surface area contributed by atoms with Crippen LogP contribution in [0, 0.1) is 6.92 Å². The number of carbonyl (C=O) groups is 1. The predicted octanol–water partition coefficient (Wildman–Crippen LogP) is 0.775. The lowest BCUT2D eigenvalue weighted by Crippen LogP contribution is -2.39. The van der Waals surface area contributed by atoms with Crippen molar-refractivity contribution < 1.29 is 9.90 Å². The molecule has 1 aliphatic rings. The Morgan fingerprint density at radius 2 is 2.04 bits per heavy atom. The summed E-state index contributed by atoms with van der Waals surface area (Å²) in [5, 5.41) is 9.01. The third-order valence-corrected chi connectivity index (χ3v) is 4.51. The summed E-state index contributed by atoms with van der Waals surface area (Å²) in [6.07, 6.45) is 3.19. The van der Waals surface area contributed by atoms with Crippen LogP contribution in [-0.2, 0) is 6.54 Å². The summed E-state index contributed by atoms with van der Waals surface area (Å²) >= 11 is 0. The van der Waals surface area contributed by atoms with Gasteiger partial charge in [0, 0.05) is 37.4 Å². The van der Waals surface area contributed by atoms with Gasteiger partial charge in [-0.1, -0.05) is 6.07 Å². The highest BCUT2D eigenvalue weighted by atomic mass is 16.4. The van der Waals surface area contributed by atoms with Crippen molar-refractivity contribution in [1.82, 2.24) is 19.4 Å². The molecule has 0 bridgehead atoms. The van der Waals surface area contributed by atoms with Crippen molar-refractivity contribution in [1.29, 1.82) is 0 Å². The number of likely N-dealkylation sites (tertiary alicyclic amines) is 1. The third-order valence-electron chi connectivity index (χ3n) is 4.51. The maximum atomic E-state index is 12.0. The Hall–Kier alpha value is -2.74. The molecule has 25 heavy (non-hydrogen) atoms. The number of carboxylic acid groups (broad SMARTS) is 1. The van der Waals surface area contributed by atoms with Crippen molar-refractivity contribution in [3.8, 4) is 0 Å². The summed E-state index contributed by atoms with van der Waals surface area (Å²) in [4.78, 5) is 43.1. The lowest BCUT2D eigenvalue weighted by Gasteiger charge is -2.32. The van der Waals surface area contributed by atoms with Crippen molar-refractivity contribution in [3.05, 3.63) is 62.2 Å². The van der Waals surface area contributed by atoms with Crippen LogP contribution < -0.4 is 11.2 Å². The molecule has 0 radical (unpaired) electrons. The molecule has 8 nitrogen and oxygen atoms in total. The van der Waals surface area contributed by atoms with Gasteiger partial charge in [-0.05, 0) is 31.9 Å². The Labute approximate surface area is 143 Å². The quantitative estimate of drug-likeness (QED) is 0.848. The molecule has 2 N–H and O–H groups in total. The van der Waals surface area contributed by atoms with Crippen molar-refractivity contribution in [3.63, 3.8) is 0 Å². The van der Waals surface area contributed by atoms with Gasteiger partial charge in [0.2, 0.25) is 0 Å². The molecule has 2 aromatic rings. The zero-order valence-corrected chi connectivity index (χ0v) is 13.9. The van der Waals surface area contributed by atoms with Crippen LogP contribution in [0.4, 0.5) is 0 Å². The maximum Gasteiger partial charge on any atom is 0.354 e. The van der Waals surface area contributed by atoms with E-state index >= 15 is 0 Å². The molecule has 2 aromatic heterocycles. The van der Waals surface area contributed by atoms with Gasteiger partial charge >= 0.3 is 11.7 Å². The Balaban J connectivity index is 1.65. The van der Waals surface area contributed by atoms with Gasteiger partial charge in [-0.3, -0.25) is 19.2 Å². The van der Waals surface area contributed by atoms with E-state index in [1.165, 1.54) is 6.07 Å². The van der Waals surface area contributed by atoms with Crippen LogP contribution in [0.15, 0.2) is 34.0 Å². The number of nitrogens with zero attached hydrogens (tertiary/aromatic N) is 3. The maximum absolute atomic E-state index is 12.0. The highest BCUT2D eigenvalue weighted by Gasteiger charge is 2.22. The normalized spacial score (nSPS) is 16.0. The van der Waals surface area contributed by atoms with E-state index in [0.717, 1.165) is 31.6 Å². The molecular formula is C17H20N4O4. The lowest BCUT2D eigenvalue weighted by atomic mass is 10.0. The van der Waals surface area contributed by atoms with Gasteiger partial charge in [-0.2, -0.15) is 0 Å². The average molecular weight is 344 g/mol. The standard InChI is InChI=1S/C17H20N4O4/c1-11-9-21(17(25)19-15(11)22)13-5-7-20(8-6-13)10-12-3-2-4-14(18-12)16(23)24/h2-4,9,13H,5-8,10H2,1H3,(H,23,24)(H,19,22,25). The Kier molecular flexibility index (Phi) is 4.80. The van der Waals surface area contributed by atoms with E-state index < -0.39 is 5.97 Å². The van der Waals surface area contributed by atoms with Crippen molar-refractivity contribution >= 4 is 5.97 Å². The smallest absolute Gasteiger partial charge is 0.354 e. The summed E-state index contributed by atoms with van der Waals surface area (Å²) < 4.78 is 1.61. The second-order valence-corrected chi connectivity index (χ2v) is 6.31. The first-order valence-corrected chi connectivity index (χ1v) is 8.17. The second-order valence-electron chi connectivity index (χ2n) is 6.31. The van der Waals surface area contributed by atoms with E-state index in [1.807, 2.05) is 6.07 Å². The molecule has 0 aliphatic carbocycles. The highest BCUT2D eigenvalue weighted by Crippen LogP contribution is 2.22. The Bertz CT molecular complexity index is 894. The summed E-state index contributed by atoms with van der Waals surface area (Å²) in [6.45, 7) is 3.81. The lowest BCUT2D eigenvalue weighted by molar-refractivity contribution is 0.0689. The molecule has 3 heterocycles. The Morgan fingerprint density at radius 1 is 1.32 bits per heavy atom. The topological polar surface area (TPSA) is 108 Å². The van der Waals surface area contributed by atoms with Crippen LogP contribution in [-0.4, -0.2) is 43.6 Å². The minimum Gasteiger partial charge on any atom is -0.477 e. The van der Waals surface area contributed by atoms with Crippen LogP contribution in [0.5, 0.6) is 0 Å². The number of aryl methyl sites for hydroxylation is 1. The number of hydrogen-bond donors (Lipinski definition) is 2. The van der Waals surface area contributed by atoms with Crippen molar-refractivity contribution in [2.45, 2.75) is 32.4 Å². The molecular weight excluding hydrogens is 324 g/mol. The summed E-state index contributed by atoms with van der Waals surface area (Å²) in [6, 6.07) is 5.04. The minimum absolute atomic E-state index is 0.0441. The van der Waals surface area contributed by atoms with Gasteiger partial charge in [0.25, 0.3) is 5.56 Å². The van der Waals surface area contributed by atoms with Crippen LogP contribution in [0.3, 0.4) is 0 Å². The van der Waals surface area contributed by atoms with E-state index in [1.54, 1.807) is 23.8 Å². The first-order valence-electron chi connectivity index (χ1n) is 8.17. The van der Waals surface area contributed by atoms with E-state index in [9.17, 15) is 14.4 Å². The first-order chi connectivity index (χ1) is 11.9. The fourth-order valence-electron chi connectivity index (χ4n) is 3.13. The van der Waals surface area contributed by atoms with Gasteiger partial charge in [0.05, 0.1) is 5.69 Å². The van der Waals surface area contributed by atoms with Gasteiger partial charge in [-0.15, -0.1) is 0 Å². The van der Waals surface area contributed by atoms with Gasteiger partial charge < -0.3 is 5.11 Å². The van der Waals surface area contributed by atoms with E-state index in [0.29, 0.717) is 12.1 Å². The number of aromatic amines is 1. The molecule has 1 fully saturated rings. The zero-order valence-electron chi connectivity index (χ0n) is 13.9. The number of hydrogen-bond acceptors (Lipinski definition) is 5. The molecule has 0 aromatic carbocycles. The van der Waals surface area contributed by atoms with Crippen LogP contribution in [0.25, 0.3) is 0 Å². The fourth-order valence-corrected chi connectivity index (χ4v) is 3.13. The van der Waals surface area contributed by atoms with Gasteiger partial charge in [0.15, 0.2) is 0 Å². The van der Waals surface area contributed by atoms with Gasteiger partial charge in [0.1, 0.15) is 5.69 Å². The van der Waals surface area contributed by atoms with Gasteiger partial charge in [-0.25, -0.2) is 14.6 Å². The van der Waals surface area contributed by atoms with Crippen molar-refractivity contribution in [2.24, 2.45) is 0 Å². The number of rotatable bonds is 4. The Morgan fingerprint density at radius 3 is 2.72 bits per heavy atom. The van der Waals surface area contributed by atoms with Crippen LogP contribution in [0.1, 0.15) is 40.6 Å². The monoisotopic (exact) mass is 344 g/mol. The van der Waals surface area contributed by atoms with Crippen LogP contribution in [0.2, 0.25) is 0 Å². The number of pyridine rings is 1. The fraction of sp³-hybridized carbons (Fsp3) is 0.412. The molecule has 8 heteroatoms. The second kappa shape index (κ2) is 7.02. The highest BCUT2D eigenvalue weighted by molar-refractivity contribution is 5.85. The molecule has 1 aliphatic heterocycles. The molecule has 0 atom stereocenters. The minimum atomic E-state index is -1.03. The molecule has 132 valence electrons. The zero-order chi connectivity index (χ0) is 18.0. The number of H-pyrrole nitrogens is 1. The number of aromatic nitrogens is 3. The van der Waals surface area contributed by atoms with E-state index in [-0.39, 0.29) is 23.0 Å². The number of aromatic carboxylic acids is 1. The van der Waals surface area contributed by atoms with Crippen molar-refractivity contribution in [2.75, 3.05) is 13.1 Å². The molecule has 0 amide bonds. The average Bonchev–Trinajstić information content (AvgIpc) is 2.59. The number of piperidine rings is 1. The third kappa shape index (κ3) is 3.85. The summed E-state index contributed by atoms with van der Waals surface area (Å²) in [5.41, 5.74) is 0.572. The molecule has 0 unspecified atom stereocenters. The summed E-state index contributed by atoms with van der Waals surface area (Å²) in [7, 11) is 0. The first kappa shape index (κ1) is 17.1. The summed E-state index contributed by atoms with van der Waals surface area (Å²) in [5.74, 6) is -1.03. The SMILES string of the molecule is Cc1cn(C2CCN(Cc3cccc(C(=O)O)n3)CC2)c(=O)[nH]c1=O. The van der Waals surface area contributed by atoms with E-state index in [4.69, 9.17) is 5.11 Å². The number of carboxylic acids is 1. The molecule has 3 rings (SSSR count). The molecule has 0 spiro atoms. The number of nitrogens with one attached hydrogen (secondary N) is 1. The van der Waals surface area contributed by atoms with Crippen LogP contribution >= 0.6 is 0 Å². The predicted molar refractivity (Wildman–Crippen MR) is 90.8 cm³/mol. The largest absolute Gasteiger partial charge is 0.477 e. The van der Waals surface area contributed by atoms with E-state index in [2.05, 4.69) is 14.9 Å².